The standard InChI is InChI=1S/C13H24O4.C2H6O2/c14-12(15)10-8-6-4-2-1-3-5-7-9-11-13(16)17;3-1-2-4/h1-11H2,(H,14,15)(H,16,17);3-4H,1-2H2. The van der Waals surface area contributed by atoms with Crippen LogP contribution in [0.15, 0.2) is 0 Å². The Kier molecular flexibility index (Phi) is 19.9. The van der Waals surface area contributed by atoms with Gasteiger partial charge in [0.15, 0.2) is 0 Å². The highest BCUT2D eigenvalue weighted by atomic mass is 16.4. The summed E-state index contributed by atoms with van der Waals surface area (Å²) in [6.45, 7) is -0.250. The Bertz CT molecular complexity index is 218. The molecule has 0 radical (unpaired) electrons. The predicted octanol–water partition coefficient (Wildman–Crippen LogP) is 2.42. The van der Waals surface area contributed by atoms with Crippen LogP contribution in [0, 0.1) is 0 Å². The first kappa shape index (κ1) is 22.1. The second-order valence-electron chi connectivity index (χ2n) is 4.92. The van der Waals surface area contributed by atoms with Crippen LogP contribution in [0.3, 0.4) is 0 Å². The highest BCUT2D eigenvalue weighted by Gasteiger charge is 1.98. The van der Waals surface area contributed by atoms with E-state index in [1.807, 2.05) is 0 Å². The molecule has 4 N–H and O–H groups in total. The molecule has 6 heteroatoms. The van der Waals surface area contributed by atoms with E-state index in [2.05, 4.69) is 0 Å². The summed E-state index contributed by atoms with van der Waals surface area (Å²) < 4.78 is 0. The van der Waals surface area contributed by atoms with Crippen LogP contribution in [0.5, 0.6) is 0 Å². The zero-order chi connectivity index (χ0) is 16.3. The largest absolute Gasteiger partial charge is 0.481 e. The van der Waals surface area contributed by atoms with Gasteiger partial charge in [-0.2, -0.15) is 0 Å². The van der Waals surface area contributed by atoms with E-state index in [-0.39, 0.29) is 26.1 Å². The monoisotopic (exact) mass is 306 g/mol. The van der Waals surface area contributed by atoms with E-state index < -0.39 is 11.9 Å². The second-order valence-corrected chi connectivity index (χ2v) is 4.92. The highest BCUT2D eigenvalue weighted by Crippen LogP contribution is 2.11. The lowest BCUT2D eigenvalue weighted by Gasteiger charge is -2.01. The Morgan fingerprint density at radius 2 is 0.762 bits per heavy atom. The molecule has 0 saturated carbocycles. The summed E-state index contributed by atoms with van der Waals surface area (Å²) >= 11 is 0. The Labute approximate surface area is 126 Å². The lowest BCUT2D eigenvalue weighted by Crippen LogP contribution is -1.94. The number of aliphatic carboxylic acids is 2. The minimum Gasteiger partial charge on any atom is -0.481 e. The summed E-state index contributed by atoms with van der Waals surface area (Å²) in [7, 11) is 0. The van der Waals surface area contributed by atoms with Gasteiger partial charge in [-0.1, -0.05) is 44.9 Å². The average Bonchev–Trinajstić information content (AvgIpc) is 2.44. The molecular formula is C15H30O6. The molecular weight excluding hydrogens is 276 g/mol. The van der Waals surface area contributed by atoms with Gasteiger partial charge >= 0.3 is 11.9 Å². The van der Waals surface area contributed by atoms with E-state index in [4.69, 9.17) is 20.4 Å². The van der Waals surface area contributed by atoms with Crippen molar-refractivity contribution < 1.29 is 30.0 Å². The number of carboxylic acid groups (broad SMARTS) is 2. The Hall–Kier alpha value is -1.14. The normalized spacial score (nSPS) is 9.81. The molecule has 0 fully saturated rings. The van der Waals surface area contributed by atoms with Crippen molar-refractivity contribution in [3.8, 4) is 0 Å². The maximum Gasteiger partial charge on any atom is 0.303 e. The Balaban J connectivity index is 0. The highest BCUT2D eigenvalue weighted by molar-refractivity contribution is 5.66. The van der Waals surface area contributed by atoms with E-state index >= 15 is 0 Å². The number of carbonyl (C=O) groups is 2. The van der Waals surface area contributed by atoms with Crippen LogP contribution in [0.25, 0.3) is 0 Å². The van der Waals surface area contributed by atoms with Crippen LogP contribution in [0.4, 0.5) is 0 Å². The van der Waals surface area contributed by atoms with Gasteiger partial charge in [-0.3, -0.25) is 9.59 Å². The maximum absolute atomic E-state index is 10.2. The number of carboxylic acids is 2. The number of aliphatic hydroxyl groups is 2. The molecule has 0 atom stereocenters. The number of rotatable bonds is 13. The van der Waals surface area contributed by atoms with Crippen LogP contribution in [0.1, 0.15) is 70.6 Å². The molecule has 0 saturated heterocycles. The summed E-state index contributed by atoms with van der Waals surface area (Å²) in [5.41, 5.74) is 0. The van der Waals surface area contributed by atoms with Crippen LogP contribution in [0.2, 0.25) is 0 Å². The van der Waals surface area contributed by atoms with Gasteiger partial charge in [0.2, 0.25) is 0 Å². The predicted molar refractivity (Wildman–Crippen MR) is 80.2 cm³/mol. The molecule has 0 aliphatic heterocycles. The molecule has 0 aromatic heterocycles. The molecule has 6 nitrogen and oxygen atoms in total. The molecule has 0 aliphatic rings. The molecule has 0 bridgehead atoms. The summed E-state index contributed by atoms with van der Waals surface area (Å²) in [6.07, 6.45) is 9.89. The van der Waals surface area contributed by atoms with Crippen molar-refractivity contribution in [1.82, 2.24) is 0 Å². The molecule has 0 unspecified atom stereocenters. The van der Waals surface area contributed by atoms with Crippen molar-refractivity contribution in [2.24, 2.45) is 0 Å². The summed E-state index contributed by atoms with van der Waals surface area (Å²) in [6, 6.07) is 0. The fourth-order valence-electron chi connectivity index (χ4n) is 1.79. The number of aliphatic hydroxyl groups excluding tert-OH is 2. The lowest BCUT2D eigenvalue weighted by atomic mass is 10.1. The molecule has 0 aromatic carbocycles. The van der Waals surface area contributed by atoms with Crippen molar-refractivity contribution in [2.45, 2.75) is 70.6 Å². The molecule has 0 aromatic rings. The SMILES string of the molecule is O=C(O)CCCCCCCCCCCC(=O)O.OCCO. The first-order valence-electron chi connectivity index (χ1n) is 7.70. The van der Waals surface area contributed by atoms with Gasteiger partial charge in [-0.15, -0.1) is 0 Å². The molecule has 126 valence electrons. The lowest BCUT2D eigenvalue weighted by molar-refractivity contribution is -0.138. The summed E-state index contributed by atoms with van der Waals surface area (Å²) in [5.74, 6) is -1.41. The fraction of sp³-hybridized carbons (Fsp3) is 0.867. The molecule has 0 amide bonds. The Morgan fingerprint density at radius 3 is 0.952 bits per heavy atom. The third kappa shape index (κ3) is 27.9. The molecule has 0 heterocycles. The van der Waals surface area contributed by atoms with Crippen LogP contribution >= 0.6 is 0 Å². The molecule has 21 heavy (non-hydrogen) atoms. The third-order valence-electron chi connectivity index (χ3n) is 2.88. The summed E-state index contributed by atoms with van der Waals surface area (Å²) in [4.78, 5) is 20.5. The quantitative estimate of drug-likeness (QED) is 0.388. The molecule has 0 rings (SSSR count). The minimum atomic E-state index is -0.705. The average molecular weight is 306 g/mol. The van der Waals surface area contributed by atoms with Crippen LogP contribution in [-0.2, 0) is 9.59 Å². The van der Waals surface area contributed by atoms with Crippen LogP contribution in [-0.4, -0.2) is 45.6 Å². The maximum atomic E-state index is 10.2. The van der Waals surface area contributed by atoms with Crippen molar-refractivity contribution in [3.63, 3.8) is 0 Å². The molecule has 0 aliphatic carbocycles. The van der Waals surface area contributed by atoms with Gasteiger partial charge in [-0.25, -0.2) is 0 Å². The number of hydrogen-bond acceptors (Lipinski definition) is 4. The van der Waals surface area contributed by atoms with Gasteiger partial charge in [-0.05, 0) is 12.8 Å². The van der Waals surface area contributed by atoms with Gasteiger partial charge in [0.05, 0.1) is 13.2 Å². The van der Waals surface area contributed by atoms with Gasteiger partial charge < -0.3 is 20.4 Å². The van der Waals surface area contributed by atoms with Crippen molar-refractivity contribution in [2.75, 3.05) is 13.2 Å². The van der Waals surface area contributed by atoms with E-state index in [1.165, 1.54) is 19.3 Å². The first-order valence-corrected chi connectivity index (χ1v) is 7.70. The van der Waals surface area contributed by atoms with Crippen LogP contribution < -0.4 is 0 Å². The zero-order valence-corrected chi connectivity index (χ0v) is 12.8. The fourth-order valence-corrected chi connectivity index (χ4v) is 1.79. The minimum absolute atomic E-state index is 0.125. The molecule has 0 spiro atoms. The van der Waals surface area contributed by atoms with E-state index in [0.29, 0.717) is 0 Å². The topological polar surface area (TPSA) is 115 Å². The van der Waals surface area contributed by atoms with Crippen molar-refractivity contribution in [1.29, 1.82) is 0 Å². The van der Waals surface area contributed by atoms with E-state index in [9.17, 15) is 9.59 Å². The van der Waals surface area contributed by atoms with Crippen molar-refractivity contribution >= 4 is 11.9 Å². The zero-order valence-electron chi connectivity index (χ0n) is 12.8. The third-order valence-corrected chi connectivity index (χ3v) is 2.88. The Morgan fingerprint density at radius 1 is 0.524 bits per heavy atom. The van der Waals surface area contributed by atoms with Crippen molar-refractivity contribution in [3.05, 3.63) is 0 Å². The van der Waals surface area contributed by atoms with Gasteiger partial charge in [0, 0.05) is 12.8 Å². The summed E-state index contributed by atoms with van der Waals surface area (Å²) in [5, 5.41) is 32.1. The number of unbranched alkanes of at least 4 members (excludes halogenated alkanes) is 8. The van der Waals surface area contributed by atoms with E-state index in [1.54, 1.807) is 0 Å². The van der Waals surface area contributed by atoms with Gasteiger partial charge in [0.25, 0.3) is 0 Å². The number of hydrogen-bond donors (Lipinski definition) is 4. The van der Waals surface area contributed by atoms with E-state index in [0.717, 1.165) is 38.5 Å². The first-order chi connectivity index (χ1) is 10.0. The second kappa shape index (κ2) is 18.9. The van der Waals surface area contributed by atoms with Gasteiger partial charge in [0.1, 0.15) is 0 Å². The smallest absolute Gasteiger partial charge is 0.303 e.